The SMILES string of the molecule is C/C=N\N1C=CC(Oc2ccc(N=C(N)c3nc4c(cc3OC#N)OCC(C)CN4CCCCC)cc2C)=C/C1=C\C.CC(=O)/C=C/CN. The molecule has 0 fully saturated rings. The van der Waals surface area contributed by atoms with Gasteiger partial charge in [-0.2, -0.15) is 5.10 Å². The van der Waals surface area contributed by atoms with Gasteiger partial charge in [-0.15, -0.1) is 5.26 Å². The van der Waals surface area contributed by atoms with Crippen molar-refractivity contribution in [1.82, 2.24) is 9.99 Å². The van der Waals surface area contributed by atoms with Crippen LogP contribution in [0.15, 0.2) is 82.4 Å². The molecule has 12 nitrogen and oxygen atoms in total. The van der Waals surface area contributed by atoms with Crippen molar-refractivity contribution in [2.45, 2.75) is 60.8 Å². The summed E-state index contributed by atoms with van der Waals surface area (Å²) in [5, 5.41) is 15.4. The van der Waals surface area contributed by atoms with Crippen LogP contribution in [-0.4, -0.2) is 54.1 Å². The fraction of sp³-hybridized carbons (Fsp3) is 0.378. The molecule has 2 aliphatic heterocycles. The number of unbranched alkanes of at least 4 members (excludes halogenated alkanes) is 2. The average molecular weight is 669 g/mol. The number of nitrogens with zero attached hydrogens (tertiary/aromatic N) is 6. The zero-order valence-corrected chi connectivity index (χ0v) is 29.3. The Kier molecular flexibility index (Phi) is 15.1. The molecular formula is C37H48N8O4. The number of hydrazone groups is 1. The molecule has 2 aromatic rings. The van der Waals surface area contributed by atoms with Gasteiger partial charge in [-0.3, -0.25) is 4.79 Å². The first-order valence-corrected chi connectivity index (χ1v) is 16.5. The third-order valence-corrected chi connectivity index (χ3v) is 7.31. The molecular weight excluding hydrogens is 620 g/mol. The number of hydrogen-bond donors (Lipinski definition) is 2. The van der Waals surface area contributed by atoms with Crippen LogP contribution in [0.25, 0.3) is 0 Å². The lowest BCUT2D eigenvalue weighted by Crippen LogP contribution is -2.30. The predicted octanol–water partition coefficient (Wildman–Crippen LogP) is 6.40. The van der Waals surface area contributed by atoms with Crippen LogP contribution in [0, 0.1) is 24.4 Å². The number of ether oxygens (including phenoxy) is 3. The van der Waals surface area contributed by atoms with Crippen LogP contribution in [0.3, 0.4) is 0 Å². The van der Waals surface area contributed by atoms with Gasteiger partial charge in [0, 0.05) is 50.1 Å². The lowest BCUT2D eigenvalue weighted by molar-refractivity contribution is -0.112. The number of rotatable bonds is 12. The smallest absolute Gasteiger partial charge is 0.292 e. The van der Waals surface area contributed by atoms with Crippen molar-refractivity contribution in [2.75, 3.05) is 31.1 Å². The van der Waals surface area contributed by atoms with E-state index in [2.05, 4.69) is 28.8 Å². The van der Waals surface area contributed by atoms with Gasteiger partial charge in [-0.25, -0.2) is 15.0 Å². The van der Waals surface area contributed by atoms with E-state index in [1.807, 2.05) is 63.4 Å². The van der Waals surface area contributed by atoms with E-state index in [9.17, 15) is 10.1 Å². The molecule has 4 N–H and O–H groups in total. The first kappa shape index (κ1) is 38.0. The Hall–Kier alpha value is -5.41. The van der Waals surface area contributed by atoms with E-state index in [1.165, 1.54) is 13.0 Å². The highest BCUT2D eigenvalue weighted by molar-refractivity contribution is 6.00. The molecule has 0 aliphatic carbocycles. The molecule has 12 heteroatoms. The maximum atomic E-state index is 10.1. The quantitative estimate of drug-likeness (QED) is 0.0850. The molecule has 49 heavy (non-hydrogen) atoms. The normalized spacial score (nSPS) is 16.8. The standard InChI is InChI=1S/C32H39N7O3.C5H9NO/c1-6-9-10-14-38-19-22(4)20-40-29-18-28(41-21-33)30(37-32(29)38)31(34)36-24-11-12-27(23(5)16-24)42-26-13-15-39(35-8-3)25(7-2)17-26;1-5(7)3-2-4-6/h7-8,11-13,15-18,22H,6,9-10,14,19-20H2,1-5H3,(H2,34,36);2-3H,4,6H2,1H3/b25-7+,35-8-;3-2+. The number of pyridine rings is 1. The van der Waals surface area contributed by atoms with Gasteiger partial charge in [-0.05, 0) is 70.0 Å². The Morgan fingerprint density at radius 2 is 2.04 bits per heavy atom. The van der Waals surface area contributed by atoms with E-state index in [-0.39, 0.29) is 17.4 Å². The van der Waals surface area contributed by atoms with E-state index in [0.29, 0.717) is 53.5 Å². The number of carbonyl (C=O) groups excluding carboxylic acids is 1. The summed E-state index contributed by atoms with van der Waals surface area (Å²) in [6.45, 7) is 14.2. The molecule has 260 valence electrons. The first-order valence-electron chi connectivity index (χ1n) is 16.5. The van der Waals surface area contributed by atoms with E-state index in [4.69, 9.17) is 30.7 Å². The summed E-state index contributed by atoms with van der Waals surface area (Å²) < 4.78 is 17.5. The monoisotopic (exact) mass is 668 g/mol. The van der Waals surface area contributed by atoms with Crippen molar-refractivity contribution in [3.63, 3.8) is 0 Å². The van der Waals surface area contributed by atoms with E-state index in [0.717, 1.165) is 43.6 Å². The number of nitriles is 1. The number of allylic oxidation sites excluding steroid dienone is 4. The van der Waals surface area contributed by atoms with Crippen molar-refractivity contribution in [2.24, 2.45) is 27.5 Å². The van der Waals surface area contributed by atoms with Gasteiger partial charge >= 0.3 is 0 Å². The first-order chi connectivity index (χ1) is 23.6. The van der Waals surface area contributed by atoms with Gasteiger partial charge in [0.15, 0.2) is 34.6 Å². The second kappa shape index (κ2) is 19.4. The number of ketones is 1. The van der Waals surface area contributed by atoms with Crippen LogP contribution >= 0.6 is 0 Å². The summed E-state index contributed by atoms with van der Waals surface area (Å²) in [6, 6.07) is 7.25. The van der Waals surface area contributed by atoms with Gasteiger partial charge < -0.3 is 30.6 Å². The maximum Gasteiger partial charge on any atom is 0.292 e. The Morgan fingerprint density at radius 3 is 2.67 bits per heavy atom. The van der Waals surface area contributed by atoms with Gasteiger partial charge in [0.05, 0.1) is 18.0 Å². The zero-order valence-electron chi connectivity index (χ0n) is 29.3. The highest BCUT2D eigenvalue weighted by Gasteiger charge is 2.26. The maximum absolute atomic E-state index is 10.1. The number of nitrogens with two attached hydrogens (primary N) is 2. The molecule has 1 atom stereocenters. The van der Waals surface area contributed by atoms with E-state index < -0.39 is 0 Å². The van der Waals surface area contributed by atoms with Crippen LogP contribution in [0.5, 0.6) is 17.2 Å². The minimum Gasteiger partial charge on any atom is -0.489 e. The van der Waals surface area contributed by atoms with Crippen molar-refractivity contribution in [3.8, 4) is 23.5 Å². The second-order valence-corrected chi connectivity index (χ2v) is 11.5. The number of aryl methyl sites for hydroxylation is 1. The molecule has 0 radical (unpaired) electrons. The van der Waals surface area contributed by atoms with Crippen LogP contribution in [-0.2, 0) is 4.79 Å². The third kappa shape index (κ3) is 11.4. The fourth-order valence-corrected chi connectivity index (χ4v) is 4.98. The second-order valence-electron chi connectivity index (χ2n) is 11.5. The van der Waals surface area contributed by atoms with E-state index in [1.54, 1.807) is 29.6 Å². The summed E-state index contributed by atoms with van der Waals surface area (Å²) >= 11 is 0. The number of anilines is 1. The lowest BCUT2D eigenvalue weighted by Gasteiger charge is -2.25. The third-order valence-electron chi connectivity index (χ3n) is 7.31. The summed E-state index contributed by atoms with van der Waals surface area (Å²) in [7, 11) is 0. The Bertz CT molecular complexity index is 1670. The van der Waals surface area contributed by atoms with Crippen molar-refractivity contribution in [3.05, 3.63) is 83.6 Å². The summed E-state index contributed by atoms with van der Waals surface area (Å²) in [5.41, 5.74) is 14.2. The minimum atomic E-state index is 0.0467. The molecule has 1 aromatic heterocycles. The molecule has 0 bridgehead atoms. The summed E-state index contributed by atoms with van der Waals surface area (Å²) in [4.78, 5) is 21.8. The van der Waals surface area contributed by atoms with Crippen LogP contribution < -0.4 is 30.6 Å². The number of fused-ring (bicyclic) bond motifs is 1. The van der Waals surface area contributed by atoms with Gasteiger partial charge in [-0.1, -0.05) is 38.8 Å². The molecule has 3 heterocycles. The molecule has 0 amide bonds. The Balaban J connectivity index is 0.000000838. The Morgan fingerprint density at radius 1 is 1.24 bits per heavy atom. The predicted molar refractivity (Wildman–Crippen MR) is 195 cm³/mol. The van der Waals surface area contributed by atoms with Crippen LogP contribution in [0.2, 0.25) is 0 Å². The number of carbonyl (C=O) groups is 1. The fourth-order valence-electron chi connectivity index (χ4n) is 4.98. The van der Waals surface area contributed by atoms with Crippen molar-refractivity contribution >= 4 is 29.3 Å². The highest BCUT2D eigenvalue weighted by Crippen LogP contribution is 2.36. The molecule has 1 unspecified atom stereocenters. The topological polar surface area (TPSA) is 165 Å². The van der Waals surface area contributed by atoms with Gasteiger partial charge in [0.25, 0.3) is 6.26 Å². The van der Waals surface area contributed by atoms with Crippen molar-refractivity contribution in [1.29, 1.82) is 5.26 Å². The number of aromatic nitrogens is 1. The number of benzene rings is 1. The van der Waals surface area contributed by atoms with Crippen molar-refractivity contribution < 1.29 is 19.0 Å². The number of aliphatic imine (C=N–C) groups is 1. The lowest BCUT2D eigenvalue weighted by atomic mass is 10.1. The molecule has 4 rings (SSSR count). The van der Waals surface area contributed by atoms with Crippen LogP contribution in [0.1, 0.15) is 65.1 Å². The largest absolute Gasteiger partial charge is 0.489 e. The highest BCUT2D eigenvalue weighted by atomic mass is 16.5. The molecule has 0 spiro atoms. The van der Waals surface area contributed by atoms with Gasteiger partial charge in [0.2, 0.25) is 0 Å². The molecule has 0 saturated carbocycles. The summed E-state index contributed by atoms with van der Waals surface area (Å²) in [5.74, 6) is 3.34. The molecule has 2 aliphatic rings. The summed E-state index contributed by atoms with van der Waals surface area (Å²) in [6.07, 6.45) is 17.5. The van der Waals surface area contributed by atoms with E-state index >= 15 is 0 Å². The number of amidine groups is 1. The van der Waals surface area contributed by atoms with Crippen LogP contribution in [0.4, 0.5) is 11.5 Å². The van der Waals surface area contributed by atoms with Gasteiger partial charge in [0.1, 0.15) is 11.5 Å². The molecule has 1 aromatic carbocycles. The number of hydrogen-bond acceptors (Lipinski definition) is 11. The minimum absolute atomic E-state index is 0.0467. The Labute approximate surface area is 289 Å². The molecule has 0 saturated heterocycles. The zero-order chi connectivity index (χ0) is 35.8. The average Bonchev–Trinajstić information content (AvgIpc) is 3.23.